The fraction of sp³-hybridized carbons (Fsp3) is 0.227. The molecule has 4 rings (SSSR count). The molecule has 7 nitrogen and oxygen atoms in total. The van der Waals surface area contributed by atoms with E-state index in [-0.39, 0.29) is 18.9 Å². The Bertz CT molecular complexity index is 1180. The molecular weight excluding hydrogens is 370 g/mol. The predicted molar refractivity (Wildman–Crippen MR) is 108 cm³/mol. The number of hydrogen-bond acceptors (Lipinski definition) is 5. The van der Waals surface area contributed by atoms with E-state index in [0.29, 0.717) is 30.0 Å². The van der Waals surface area contributed by atoms with Gasteiger partial charge in [-0.15, -0.1) is 0 Å². The van der Waals surface area contributed by atoms with Gasteiger partial charge in [-0.05, 0) is 31.2 Å². The lowest BCUT2D eigenvalue weighted by Crippen LogP contribution is -2.28. The molecule has 0 bridgehead atoms. The Kier molecular flexibility index (Phi) is 5.29. The maximum absolute atomic E-state index is 12.1. The van der Waals surface area contributed by atoms with Crippen molar-refractivity contribution in [1.29, 1.82) is 0 Å². The third-order valence-corrected chi connectivity index (χ3v) is 4.69. The zero-order valence-electron chi connectivity index (χ0n) is 16.1. The van der Waals surface area contributed by atoms with Gasteiger partial charge in [0.15, 0.2) is 5.58 Å². The summed E-state index contributed by atoms with van der Waals surface area (Å²) >= 11 is 0. The fourth-order valence-electron chi connectivity index (χ4n) is 3.11. The third kappa shape index (κ3) is 4.29. The van der Waals surface area contributed by atoms with Crippen LogP contribution in [0.25, 0.3) is 22.6 Å². The lowest BCUT2D eigenvalue weighted by Gasteiger charge is -2.04. The highest BCUT2D eigenvalue weighted by Gasteiger charge is 2.11. The number of carbonyl (C=O) groups excluding carboxylic acids is 1. The van der Waals surface area contributed by atoms with Crippen LogP contribution in [0.3, 0.4) is 0 Å². The highest BCUT2D eigenvalue weighted by Crippen LogP contribution is 2.19. The summed E-state index contributed by atoms with van der Waals surface area (Å²) in [5.41, 5.74) is 4.08. The number of carbonyl (C=O) groups is 1. The summed E-state index contributed by atoms with van der Waals surface area (Å²) < 4.78 is 12.2. The number of fused-ring (bicyclic) bond motifs is 1. The normalized spacial score (nSPS) is 11.1. The summed E-state index contributed by atoms with van der Waals surface area (Å²) in [5.74, 6) is -0.0211. The smallest absolute Gasteiger partial charge is 0.419 e. The highest BCUT2D eigenvalue weighted by atomic mass is 16.4. The molecule has 0 aliphatic rings. The number of oxazole rings is 2. The van der Waals surface area contributed by atoms with Crippen molar-refractivity contribution in [3.05, 3.63) is 76.6 Å². The van der Waals surface area contributed by atoms with Crippen LogP contribution in [-0.4, -0.2) is 22.0 Å². The van der Waals surface area contributed by atoms with E-state index in [9.17, 15) is 9.59 Å². The van der Waals surface area contributed by atoms with E-state index >= 15 is 0 Å². The molecule has 0 atom stereocenters. The van der Waals surface area contributed by atoms with Crippen LogP contribution in [0.15, 0.2) is 68.4 Å². The standard InChI is InChI=1S/C22H21N3O4/c1-15-6-8-16(9-7-15)21-24-17(14-28-21)10-12-23-20(26)11-13-25-18-4-2-3-5-19(18)29-22(25)27/h2-9,14H,10-13H2,1H3,(H,23,26). The Morgan fingerprint density at radius 2 is 1.93 bits per heavy atom. The number of benzene rings is 2. The molecule has 2 aromatic heterocycles. The molecule has 29 heavy (non-hydrogen) atoms. The van der Waals surface area contributed by atoms with Crippen molar-refractivity contribution in [2.45, 2.75) is 26.3 Å². The molecule has 2 heterocycles. The fourth-order valence-corrected chi connectivity index (χ4v) is 3.11. The molecule has 0 aliphatic heterocycles. The van der Waals surface area contributed by atoms with Crippen LogP contribution in [0.2, 0.25) is 0 Å². The second-order valence-corrected chi connectivity index (χ2v) is 6.85. The zero-order valence-corrected chi connectivity index (χ0v) is 16.1. The minimum atomic E-state index is -0.453. The Morgan fingerprint density at radius 3 is 2.76 bits per heavy atom. The van der Waals surface area contributed by atoms with Crippen molar-refractivity contribution >= 4 is 17.0 Å². The highest BCUT2D eigenvalue weighted by molar-refractivity contribution is 5.76. The largest absolute Gasteiger partial charge is 0.444 e. The number of para-hydroxylation sites is 2. The average Bonchev–Trinajstić information content (AvgIpc) is 3.31. The summed E-state index contributed by atoms with van der Waals surface area (Å²) in [6.45, 7) is 2.74. The van der Waals surface area contributed by atoms with Gasteiger partial charge in [0.1, 0.15) is 6.26 Å². The molecule has 0 aliphatic carbocycles. The molecule has 1 N–H and O–H groups in total. The van der Waals surface area contributed by atoms with Gasteiger partial charge in [0.25, 0.3) is 0 Å². The third-order valence-electron chi connectivity index (χ3n) is 4.69. The quantitative estimate of drug-likeness (QED) is 0.522. The number of aryl methyl sites for hydroxylation is 2. The number of nitrogens with zero attached hydrogens (tertiary/aromatic N) is 2. The van der Waals surface area contributed by atoms with Crippen molar-refractivity contribution in [3.8, 4) is 11.5 Å². The van der Waals surface area contributed by atoms with Gasteiger partial charge < -0.3 is 14.2 Å². The summed E-state index contributed by atoms with van der Waals surface area (Å²) in [6.07, 6.45) is 2.37. The number of hydrogen-bond donors (Lipinski definition) is 1. The van der Waals surface area contributed by atoms with E-state index in [1.807, 2.05) is 37.3 Å². The van der Waals surface area contributed by atoms with E-state index in [2.05, 4.69) is 10.3 Å². The zero-order chi connectivity index (χ0) is 20.2. The lowest BCUT2D eigenvalue weighted by molar-refractivity contribution is -0.121. The molecule has 0 spiro atoms. The van der Waals surface area contributed by atoms with Gasteiger partial charge in [-0.2, -0.15) is 0 Å². The molecule has 0 saturated carbocycles. The summed E-state index contributed by atoms with van der Waals surface area (Å²) in [5, 5.41) is 2.85. The van der Waals surface area contributed by atoms with Crippen LogP contribution >= 0.6 is 0 Å². The maximum atomic E-state index is 12.1. The Labute approximate surface area is 167 Å². The lowest BCUT2D eigenvalue weighted by atomic mass is 10.1. The van der Waals surface area contributed by atoms with E-state index in [4.69, 9.17) is 8.83 Å². The van der Waals surface area contributed by atoms with Crippen LogP contribution in [0.1, 0.15) is 17.7 Å². The van der Waals surface area contributed by atoms with Crippen molar-refractivity contribution < 1.29 is 13.6 Å². The van der Waals surface area contributed by atoms with Crippen LogP contribution in [-0.2, 0) is 17.8 Å². The first kappa shape index (κ1) is 18.7. The molecule has 4 aromatic rings. The van der Waals surface area contributed by atoms with Gasteiger partial charge in [0.05, 0.1) is 11.2 Å². The first-order valence-corrected chi connectivity index (χ1v) is 9.47. The minimum absolute atomic E-state index is 0.135. The van der Waals surface area contributed by atoms with Gasteiger partial charge in [0.2, 0.25) is 11.8 Å². The van der Waals surface area contributed by atoms with Gasteiger partial charge in [-0.3, -0.25) is 9.36 Å². The SMILES string of the molecule is Cc1ccc(-c2nc(CCNC(=O)CCn3c(=O)oc4ccccc43)co2)cc1. The predicted octanol–water partition coefficient (Wildman–Crippen LogP) is 3.31. The van der Waals surface area contributed by atoms with Gasteiger partial charge >= 0.3 is 5.76 Å². The topological polar surface area (TPSA) is 90.3 Å². The monoisotopic (exact) mass is 391 g/mol. The maximum Gasteiger partial charge on any atom is 0.419 e. The molecular formula is C22H21N3O4. The van der Waals surface area contributed by atoms with E-state index in [0.717, 1.165) is 11.3 Å². The number of nitrogens with one attached hydrogen (secondary N) is 1. The van der Waals surface area contributed by atoms with Crippen LogP contribution in [0.4, 0.5) is 0 Å². The molecule has 0 fully saturated rings. The molecule has 1 amide bonds. The number of amides is 1. The van der Waals surface area contributed by atoms with Crippen LogP contribution < -0.4 is 11.1 Å². The number of aromatic nitrogens is 2. The minimum Gasteiger partial charge on any atom is -0.444 e. The van der Waals surface area contributed by atoms with Gasteiger partial charge in [-0.25, -0.2) is 9.78 Å². The second kappa shape index (κ2) is 8.18. The van der Waals surface area contributed by atoms with Crippen LogP contribution in [0.5, 0.6) is 0 Å². The first-order chi connectivity index (χ1) is 14.1. The van der Waals surface area contributed by atoms with Crippen molar-refractivity contribution in [2.75, 3.05) is 6.54 Å². The molecule has 0 radical (unpaired) electrons. The Balaban J connectivity index is 1.28. The summed E-state index contributed by atoms with van der Waals surface area (Å²) in [6, 6.07) is 15.1. The Morgan fingerprint density at radius 1 is 1.14 bits per heavy atom. The van der Waals surface area contributed by atoms with Crippen molar-refractivity contribution in [1.82, 2.24) is 14.9 Å². The summed E-state index contributed by atoms with van der Waals surface area (Å²) in [4.78, 5) is 28.5. The van der Waals surface area contributed by atoms with Crippen molar-refractivity contribution in [3.63, 3.8) is 0 Å². The van der Waals surface area contributed by atoms with Gasteiger partial charge in [0, 0.05) is 31.5 Å². The molecule has 7 heteroatoms. The molecule has 148 valence electrons. The summed E-state index contributed by atoms with van der Waals surface area (Å²) in [7, 11) is 0. The van der Waals surface area contributed by atoms with E-state index in [1.54, 1.807) is 24.5 Å². The molecule has 0 unspecified atom stereocenters. The molecule has 0 saturated heterocycles. The number of rotatable bonds is 7. The van der Waals surface area contributed by atoms with Crippen molar-refractivity contribution in [2.24, 2.45) is 0 Å². The van der Waals surface area contributed by atoms with E-state index < -0.39 is 5.76 Å². The Hall–Kier alpha value is -3.61. The second-order valence-electron chi connectivity index (χ2n) is 6.85. The van der Waals surface area contributed by atoms with Crippen LogP contribution in [0, 0.1) is 6.92 Å². The van der Waals surface area contributed by atoms with E-state index in [1.165, 1.54) is 10.1 Å². The van der Waals surface area contributed by atoms with Gasteiger partial charge in [-0.1, -0.05) is 29.8 Å². The first-order valence-electron chi connectivity index (χ1n) is 9.47. The average molecular weight is 391 g/mol. The molecule has 2 aromatic carbocycles.